The van der Waals surface area contributed by atoms with Crippen LogP contribution < -0.4 is 0 Å². The van der Waals surface area contributed by atoms with Gasteiger partial charge in [-0.1, -0.05) is 0 Å². The number of hydrogen-bond acceptors (Lipinski definition) is 3. The second kappa shape index (κ2) is 1.78. The van der Waals surface area contributed by atoms with Crippen LogP contribution in [0.3, 0.4) is 0 Å². The summed E-state index contributed by atoms with van der Waals surface area (Å²) < 4.78 is 4.39. The fourth-order valence-electron chi connectivity index (χ4n) is 0.459. The zero-order chi connectivity index (χ0) is 5.98. The molecule has 1 aliphatic rings. The monoisotopic (exact) mass is 112 g/mol. The first-order valence-corrected chi connectivity index (χ1v) is 2.17. The van der Waals surface area contributed by atoms with Gasteiger partial charge in [0, 0.05) is 6.08 Å². The van der Waals surface area contributed by atoms with Crippen molar-refractivity contribution >= 4 is 12.3 Å². The van der Waals surface area contributed by atoms with E-state index in [1.165, 1.54) is 12.2 Å². The molecule has 1 atom stereocenters. The van der Waals surface area contributed by atoms with Gasteiger partial charge in [-0.15, -0.1) is 0 Å². The molecule has 0 N–H and O–H groups in total. The minimum atomic E-state index is -0.637. The molecule has 0 aromatic rings. The Morgan fingerprint density at radius 2 is 2.50 bits per heavy atom. The molecule has 1 heterocycles. The van der Waals surface area contributed by atoms with Crippen LogP contribution in [0.1, 0.15) is 0 Å². The van der Waals surface area contributed by atoms with Crippen LogP contribution >= 0.6 is 0 Å². The first kappa shape index (κ1) is 5.03. The predicted molar refractivity (Wildman–Crippen MR) is 25.1 cm³/mol. The number of ether oxygens (including phenoxy) is 1. The fourth-order valence-corrected chi connectivity index (χ4v) is 0.459. The van der Waals surface area contributed by atoms with Crippen LogP contribution in [0.5, 0.6) is 0 Å². The summed E-state index contributed by atoms with van der Waals surface area (Å²) in [6.45, 7) is 0. The van der Waals surface area contributed by atoms with Crippen molar-refractivity contribution in [2.75, 3.05) is 0 Å². The topological polar surface area (TPSA) is 43.4 Å². The van der Waals surface area contributed by atoms with Gasteiger partial charge in [-0.3, -0.25) is 4.79 Å². The molecule has 42 valence electrons. The Hall–Kier alpha value is -1.12. The highest BCUT2D eigenvalue weighted by Gasteiger charge is 2.13. The van der Waals surface area contributed by atoms with E-state index in [1.807, 2.05) is 0 Å². The molecule has 0 aromatic carbocycles. The molecule has 0 aromatic heterocycles. The van der Waals surface area contributed by atoms with E-state index >= 15 is 0 Å². The molecule has 0 fully saturated rings. The van der Waals surface area contributed by atoms with E-state index < -0.39 is 12.1 Å². The second-order valence-corrected chi connectivity index (χ2v) is 1.40. The Morgan fingerprint density at radius 1 is 1.75 bits per heavy atom. The molecular formula is C5H4O3. The molecule has 0 unspecified atom stereocenters. The molecule has 3 nitrogen and oxygen atoms in total. The van der Waals surface area contributed by atoms with E-state index in [2.05, 4.69) is 4.74 Å². The molecule has 8 heavy (non-hydrogen) atoms. The maximum absolute atomic E-state index is 10.1. The maximum atomic E-state index is 10.1. The van der Waals surface area contributed by atoms with Gasteiger partial charge < -0.3 is 4.74 Å². The third kappa shape index (κ3) is 0.753. The highest BCUT2D eigenvalue weighted by Crippen LogP contribution is 2.00. The zero-order valence-corrected chi connectivity index (χ0v) is 4.03. The van der Waals surface area contributed by atoms with Gasteiger partial charge in [0.2, 0.25) is 0 Å². The SMILES string of the molecule is O=C[C@@H]1C=CC(=O)O1. The smallest absolute Gasteiger partial charge is 0.331 e. The molecule has 1 rings (SSSR count). The second-order valence-electron chi connectivity index (χ2n) is 1.40. The number of aldehydes is 1. The largest absolute Gasteiger partial charge is 0.447 e. The quantitative estimate of drug-likeness (QED) is 0.344. The molecule has 0 bridgehead atoms. The highest BCUT2D eigenvalue weighted by atomic mass is 16.5. The normalized spacial score (nSPS) is 25.5. The highest BCUT2D eigenvalue weighted by molar-refractivity contribution is 5.87. The molecule has 0 radical (unpaired) electrons. The van der Waals surface area contributed by atoms with Crippen molar-refractivity contribution in [3.63, 3.8) is 0 Å². The van der Waals surface area contributed by atoms with Crippen molar-refractivity contribution in [2.24, 2.45) is 0 Å². The van der Waals surface area contributed by atoms with Crippen LogP contribution in [0.15, 0.2) is 12.2 Å². The average molecular weight is 112 g/mol. The van der Waals surface area contributed by atoms with Gasteiger partial charge in [-0.05, 0) is 6.08 Å². The minimum Gasteiger partial charge on any atom is -0.447 e. The Kier molecular flexibility index (Phi) is 1.12. The molecule has 0 aliphatic carbocycles. The number of carbonyl (C=O) groups is 2. The van der Waals surface area contributed by atoms with Crippen LogP contribution in [0.2, 0.25) is 0 Å². The van der Waals surface area contributed by atoms with Gasteiger partial charge >= 0.3 is 5.97 Å². The van der Waals surface area contributed by atoms with Gasteiger partial charge in [0.15, 0.2) is 12.4 Å². The van der Waals surface area contributed by atoms with Gasteiger partial charge in [0.1, 0.15) is 0 Å². The van der Waals surface area contributed by atoms with Crippen molar-refractivity contribution in [2.45, 2.75) is 6.10 Å². The van der Waals surface area contributed by atoms with Crippen LogP contribution in [-0.4, -0.2) is 18.4 Å². The Bertz CT molecular complexity index is 148. The lowest BCUT2D eigenvalue weighted by molar-refractivity contribution is -0.141. The van der Waals surface area contributed by atoms with E-state index in [-0.39, 0.29) is 0 Å². The Balaban J connectivity index is 2.58. The van der Waals surface area contributed by atoms with Crippen molar-refractivity contribution < 1.29 is 14.3 Å². The van der Waals surface area contributed by atoms with Crippen molar-refractivity contribution in [1.82, 2.24) is 0 Å². The predicted octanol–water partition coefficient (Wildman–Crippen LogP) is -0.333. The molecule has 3 heteroatoms. The van der Waals surface area contributed by atoms with E-state index in [9.17, 15) is 9.59 Å². The van der Waals surface area contributed by atoms with Crippen molar-refractivity contribution in [1.29, 1.82) is 0 Å². The van der Waals surface area contributed by atoms with Crippen LogP contribution in [0, 0.1) is 0 Å². The summed E-state index contributed by atoms with van der Waals surface area (Å²) >= 11 is 0. The van der Waals surface area contributed by atoms with E-state index in [4.69, 9.17) is 0 Å². The molecule has 0 saturated carbocycles. The molecule has 0 amide bonds. The van der Waals surface area contributed by atoms with Gasteiger partial charge in [-0.25, -0.2) is 4.79 Å². The molecule has 1 aliphatic heterocycles. The lowest BCUT2D eigenvalue weighted by Crippen LogP contribution is -2.07. The van der Waals surface area contributed by atoms with Gasteiger partial charge in [0.25, 0.3) is 0 Å². The number of carbonyl (C=O) groups excluding carboxylic acids is 2. The van der Waals surface area contributed by atoms with E-state index in [0.29, 0.717) is 6.29 Å². The summed E-state index contributed by atoms with van der Waals surface area (Å²) in [5.41, 5.74) is 0. The molecular weight excluding hydrogens is 108 g/mol. The first-order chi connectivity index (χ1) is 3.83. The van der Waals surface area contributed by atoms with Gasteiger partial charge in [-0.2, -0.15) is 0 Å². The lowest BCUT2D eigenvalue weighted by Gasteiger charge is -1.94. The molecule has 0 spiro atoms. The number of cyclic esters (lactones) is 1. The Morgan fingerprint density at radius 3 is 2.75 bits per heavy atom. The number of hydrogen-bond donors (Lipinski definition) is 0. The van der Waals surface area contributed by atoms with E-state index in [0.717, 1.165) is 0 Å². The van der Waals surface area contributed by atoms with Crippen molar-refractivity contribution in [3.05, 3.63) is 12.2 Å². The lowest BCUT2D eigenvalue weighted by atomic mass is 10.4. The Labute approximate surface area is 45.9 Å². The summed E-state index contributed by atoms with van der Waals surface area (Å²) in [7, 11) is 0. The fraction of sp³-hybridized carbons (Fsp3) is 0.200. The third-order valence-corrected chi connectivity index (χ3v) is 0.808. The summed E-state index contributed by atoms with van der Waals surface area (Å²) in [4.78, 5) is 20.0. The zero-order valence-electron chi connectivity index (χ0n) is 4.03. The van der Waals surface area contributed by atoms with Crippen LogP contribution in [0.4, 0.5) is 0 Å². The number of rotatable bonds is 1. The average Bonchev–Trinajstić information content (AvgIpc) is 2.14. The first-order valence-electron chi connectivity index (χ1n) is 2.17. The van der Waals surface area contributed by atoms with Crippen LogP contribution in [-0.2, 0) is 14.3 Å². The maximum Gasteiger partial charge on any atom is 0.331 e. The summed E-state index contributed by atoms with van der Waals surface area (Å²) in [6, 6.07) is 0. The standard InChI is InChI=1S/C5H4O3/c6-3-4-1-2-5(7)8-4/h1-4H/t4-/m0/s1. The third-order valence-electron chi connectivity index (χ3n) is 0.808. The van der Waals surface area contributed by atoms with E-state index in [1.54, 1.807) is 0 Å². The van der Waals surface area contributed by atoms with Gasteiger partial charge in [0.05, 0.1) is 0 Å². The summed E-state index contributed by atoms with van der Waals surface area (Å²) in [6.07, 6.45) is 2.58. The molecule has 0 saturated heterocycles. The van der Waals surface area contributed by atoms with Crippen molar-refractivity contribution in [3.8, 4) is 0 Å². The summed E-state index contributed by atoms with van der Waals surface area (Å²) in [5.74, 6) is -0.442. The minimum absolute atomic E-state index is 0.442. The summed E-state index contributed by atoms with van der Waals surface area (Å²) in [5, 5.41) is 0. The van der Waals surface area contributed by atoms with Crippen LogP contribution in [0.25, 0.3) is 0 Å². The number of esters is 1.